The Bertz CT molecular complexity index is 356. The van der Waals surface area contributed by atoms with E-state index in [0.717, 1.165) is 18.9 Å². The van der Waals surface area contributed by atoms with Crippen LogP contribution in [0.15, 0.2) is 6.33 Å². The molecule has 1 aromatic rings. The average molecular weight is 239 g/mol. The molecule has 0 aliphatic carbocycles. The second kappa shape index (κ2) is 6.24. The zero-order chi connectivity index (χ0) is 12.8. The molecule has 0 atom stereocenters. The molecule has 0 saturated carbocycles. The molecule has 6 nitrogen and oxygen atoms in total. The van der Waals surface area contributed by atoms with Crippen molar-refractivity contribution in [2.75, 3.05) is 58.6 Å². The average Bonchev–Trinajstić information content (AvgIpc) is 2.34. The van der Waals surface area contributed by atoms with Gasteiger partial charge in [-0.25, -0.2) is 9.97 Å². The van der Waals surface area contributed by atoms with Gasteiger partial charge in [0.25, 0.3) is 0 Å². The Balaban J connectivity index is 2.88. The monoisotopic (exact) mass is 239 g/mol. The third kappa shape index (κ3) is 3.45. The topological polar surface area (TPSA) is 53.5 Å². The molecule has 96 valence electrons. The number of ether oxygens (including phenoxy) is 1. The lowest BCUT2D eigenvalue weighted by molar-refractivity contribution is 0.404. The van der Waals surface area contributed by atoms with Crippen LogP contribution in [0.4, 0.5) is 11.6 Å². The molecule has 0 aliphatic rings. The van der Waals surface area contributed by atoms with Gasteiger partial charge in [-0.3, -0.25) is 0 Å². The Hall–Kier alpha value is -1.56. The van der Waals surface area contributed by atoms with E-state index >= 15 is 0 Å². The summed E-state index contributed by atoms with van der Waals surface area (Å²) in [7, 11) is 9.53. The number of anilines is 2. The maximum atomic E-state index is 5.35. The van der Waals surface area contributed by atoms with E-state index in [2.05, 4.69) is 25.1 Å². The van der Waals surface area contributed by atoms with Crippen LogP contribution in [-0.2, 0) is 0 Å². The molecule has 0 aliphatic heterocycles. The number of hydrogen-bond acceptors (Lipinski definition) is 6. The summed E-state index contributed by atoms with van der Waals surface area (Å²) in [5, 5.41) is 2.99. The quantitative estimate of drug-likeness (QED) is 0.781. The van der Waals surface area contributed by atoms with Crippen LogP contribution in [0.5, 0.6) is 5.75 Å². The number of rotatable bonds is 6. The molecular formula is C11H21N5O. The molecule has 0 saturated heterocycles. The van der Waals surface area contributed by atoms with Gasteiger partial charge in [-0.05, 0) is 14.1 Å². The lowest BCUT2D eigenvalue weighted by atomic mass is 10.4. The molecule has 1 aromatic heterocycles. The Kier molecular flexibility index (Phi) is 4.96. The highest BCUT2D eigenvalue weighted by Gasteiger charge is 2.14. The van der Waals surface area contributed by atoms with E-state index < -0.39 is 0 Å². The van der Waals surface area contributed by atoms with Gasteiger partial charge in [-0.15, -0.1) is 0 Å². The van der Waals surface area contributed by atoms with Crippen molar-refractivity contribution in [3.63, 3.8) is 0 Å². The predicted molar refractivity (Wildman–Crippen MR) is 70.0 cm³/mol. The highest BCUT2D eigenvalue weighted by molar-refractivity contribution is 5.64. The van der Waals surface area contributed by atoms with Crippen LogP contribution < -0.4 is 15.0 Å². The summed E-state index contributed by atoms with van der Waals surface area (Å²) in [6.45, 7) is 1.84. The summed E-state index contributed by atoms with van der Waals surface area (Å²) in [4.78, 5) is 12.6. The van der Waals surface area contributed by atoms with Crippen LogP contribution in [0, 0.1) is 0 Å². The van der Waals surface area contributed by atoms with Gasteiger partial charge < -0.3 is 19.9 Å². The molecule has 1 heterocycles. The van der Waals surface area contributed by atoms with Crippen LogP contribution in [0.25, 0.3) is 0 Å². The van der Waals surface area contributed by atoms with E-state index in [1.54, 1.807) is 7.11 Å². The standard InChI is InChI=1S/C11H21N5O/c1-12-10-9(17-5)11(14-8-13-10)16(4)7-6-15(2)3/h8H,6-7H2,1-5H3,(H,12,13,14). The van der Waals surface area contributed by atoms with E-state index in [0.29, 0.717) is 11.6 Å². The number of nitrogens with zero attached hydrogens (tertiary/aromatic N) is 4. The van der Waals surface area contributed by atoms with Crippen LogP contribution in [0.1, 0.15) is 0 Å². The summed E-state index contributed by atoms with van der Waals surface area (Å²) >= 11 is 0. The van der Waals surface area contributed by atoms with Crippen LogP contribution >= 0.6 is 0 Å². The van der Waals surface area contributed by atoms with Crippen molar-refractivity contribution in [2.24, 2.45) is 0 Å². The van der Waals surface area contributed by atoms with E-state index in [-0.39, 0.29) is 0 Å². The van der Waals surface area contributed by atoms with Gasteiger partial charge in [-0.1, -0.05) is 0 Å². The summed E-state index contributed by atoms with van der Waals surface area (Å²) in [6, 6.07) is 0. The Morgan fingerprint density at radius 2 is 1.94 bits per heavy atom. The minimum Gasteiger partial charge on any atom is -0.490 e. The second-order valence-electron chi connectivity index (χ2n) is 4.05. The minimum absolute atomic E-state index is 0.677. The van der Waals surface area contributed by atoms with Crippen molar-refractivity contribution in [2.45, 2.75) is 0 Å². The lowest BCUT2D eigenvalue weighted by Gasteiger charge is -2.22. The second-order valence-corrected chi connectivity index (χ2v) is 4.05. The van der Waals surface area contributed by atoms with Gasteiger partial charge in [0.15, 0.2) is 11.6 Å². The van der Waals surface area contributed by atoms with Crippen molar-refractivity contribution in [3.8, 4) is 5.75 Å². The molecule has 6 heteroatoms. The lowest BCUT2D eigenvalue weighted by Crippen LogP contribution is -2.29. The van der Waals surface area contributed by atoms with E-state index in [9.17, 15) is 0 Å². The van der Waals surface area contributed by atoms with Gasteiger partial charge in [0, 0.05) is 27.2 Å². The highest BCUT2D eigenvalue weighted by Crippen LogP contribution is 2.30. The van der Waals surface area contributed by atoms with Crippen molar-refractivity contribution < 1.29 is 4.74 Å². The third-order valence-electron chi connectivity index (χ3n) is 2.47. The number of methoxy groups -OCH3 is 1. The maximum Gasteiger partial charge on any atom is 0.204 e. The molecule has 0 radical (unpaired) electrons. The molecule has 1 rings (SSSR count). The zero-order valence-electron chi connectivity index (χ0n) is 11.2. The smallest absolute Gasteiger partial charge is 0.204 e. The van der Waals surface area contributed by atoms with Crippen molar-refractivity contribution in [1.29, 1.82) is 0 Å². The zero-order valence-corrected chi connectivity index (χ0v) is 11.2. The first-order valence-corrected chi connectivity index (χ1v) is 5.52. The van der Waals surface area contributed by atoms with Crippen molar-refractivity contribution >= 4 is 11.6 Å². The molecule has 0 unspecified atom stereocenters. The van der Waals surface area contributed by atoms with Gasteiger partial charge in [0.1, 0.15) is 6.33 Å². The summed E-state index contributed by atoms with van der Waals surface area (Å²) < 4.78 is 5.35. The molecule has 0 amide bonds. The van der Waals surface area contributed by atoms with E-state index in [1.807, 2.05) is 28.2 Å². The van der Waals surface area contributed by atoms with Gasteiger partial charge in [-0.2, -0.15) is 0 Å². The largest absolute Gasteiger partial charge is 0.490 e. The first kappa shape index (κ1) is 13.5. The van der Waals surface area contributed by atoms with Crippen LogP contribution in [-0.4, -0.2) is 63.3 Å². The number of aromatic nitrogens is 2. The molecule has 0 spiro atoms. The van der Waals surface area contributed by atoms with Gasteiger partial charge >= 0.3 is 0 Å². The Labute approximate surface area is 103 Å². The van der Waals surface area contributed by atoms with E-state index in [4.69, 9.17) is 4.74 Å². The molecular weight excluding hydrogens is 218 g/mol. The minimum atomic E-state index is 0.677. The normalized spacial score (nSPS) is 10.5. The number of likely N-dealkylation sites (N-methyl/N-ethyl adjacent to an activating group) is 2. The fourth-order valence-electron chi connectivity index (χ4n) is 1.46. The fourth-order valence-corrected chi connectivity index (χ4v) is 1.46. The first-order valence-electron chi connectivity index (χ1n) is 5.52. The van der Waals surface area contributed by atoms with Gasteiger partial charge in [0.2, 0.25) is 5.75 Å². The molecule has 0 fully saturated rings. The van der Waals surface area contributed by atoms with E-state index in [1.165, 1.54) is 6.33 Å². The summed E-state index contributed by atoms with van der Waals surface area (Å²) in [5.74, 6) is 2.18. The Morgan fingerprint density at radius 1 is 1.24 bits per heavy atom. The summed E-state index contributed by atoms with van der Waals surface area (Å²) in [5.41, 5.74) is 0. The van der Waals surface area contributed by atoms with Crippen LogP contribution in [0.3, 0.4) is 0 Å². The van der Waals surface area contributed by atoms with Crippen molar-refractivity contribution in [1.82, 2.24) is 14.9 Å². The maximum absolute atomic E-state index is 5.35. The Morgan fingerprint density at radius 3 is 2.47 bits per heavy atom. The SMILES string of the molecule is CNc1ncnc(N(C)CCN(C)C)c1OC. The summed E-state index contributed by atoms with van der Waals surface area (Å²) in [6.07, 6.45) is 1.54. The molecule has 0 aromatic carbocycles. The fraction of sp³-hybridized carbons (Fsp3) is 0.636. The third-order valence-corrected chi connectivity index (χ3v) is 2.47. The van der Waals surface area contributed by atoms with Gasteiger partial charge in [0.05, 0.1) is 7.11 Å². The molecule has 1 N–H and O–H groups in total. The predicted octanol–water partition coefficient (Wildman–Crippen LogP) is 0.525. The molecule has 0 bridgehead atoms. The molecule has 17 heavy (non-hydrogen) atoms. The highest BCUT2D eigenvalue weighted by atomic mass is 16.5. The first-order chi connectivity index (χ1) is 8.10. The number of hydrogen-bond donors (Lipinski definition) is 1. The number of nitrogens with one attached hydrogen (secondary N) is 1. The van der Waals surface area contributed by atoms with Crippen molar-refractivity contribution in [3.05, 3.63) is 6.33 Å². The van der Waals surface area contributed by atoms with Crippen LogP contribution in [0.2, 0.25) is 0 Å².